The zero-order chi connectivity index (χ0) is 14.2. The molecule has 2 aromatic rings. The van der Waals surface area contributed by atoms with Gasteiger partial charge in [0.2, 0.25) is 0 Å². The van der Waals surface area contributed by atoms with Crippen molar-refractivity contribution in [2.45, 2.75) is 19.8 Å². The highest BCUT2D eigenvalue weighted by molar-refractivity contribution is 5.85. The summed E-state index contributed by atoms with van der Waals surface area (Å²) in [6, 6.07) is 5.15. The molecule has 1 aromatic carbocycles. The minimum absolute atomic E-state index is 0.000662. The monoisotopic (exact) mass is 262 g/mol. The third-order valence-corrected chi connectivity index (χ3v) is 3.09. The van der Waals surface area contributed by atoms with E-state index in [0.717, 1.165) is 11.1 Å². The largest absolute Gasteiger partial charge is 0.468 e. The summed E-state index contributed by atoms with van der Waals surface area (Å²) >= 11 is 0. The van der Waals surface area contributed by atoms with Crippen molar-refractivity contribution in [2.75, 3.05) is 7.11 Å². The number of hydrogen-bond acceptors (Lipinski definition) is 3. The second-order valence-corrected chi connectivity index (χ2v) is 4.52. The van der Waals surface area contributed by atoms with Gasteiger partial charge in [0.05, 0.1) is 12.5 Å². The molecule has 19 heavy (non-hydrogen) atoms. The van der Waals surface area contributed by atoms with Crippen LogP contribution in [-0.4, -0.2) is 13.1 Å². The number of rotatable bonds is 3. The molecule has 1 atom stereocenters. The zero-order valence-electron chi connectivity index (χ0n) is 11.1. The number of furan rings is 1. The van der Waals surface area contributed by atoms with E-state index in [4.69, 9.17) is 4.42 Å². The summed E-state index contributed by atoms with van der Waals surface area (Å²) in [6.45, 7) is 7.21. The number of halogens is 1. The Morgan fingerprint density at radius 1 is 1.47 bits per heavy atom. The predicted molar refractivity (Wildman–Crippen MR) is 71.3 cm³/mol. The van der Waals surface area contributed by atoms with E-state index in [1.165, 1.54) is 7.11 Å². The van der Waals surface area contributed by atoms with Crippen LogP contribution in [-0.2, 0) is 9.53 Å². The van der Waals surface area contributed by atoms with Gasteiger partial charge in [0, 0.05) is 0 Å². The van der Waals surface area contributed by atoms with Gasteiger partial charge in [0.25, 0.3) is 0 Å². The van der Waals surface area contributed by atoms with Crippen molar-refractivity contribution >= 4 is 22.5 Å². The molecule has 0 aliphatic carbocycles. The van der Waals surface area contributed by atoms with Gasteiger partial charge in [-0.25, -0.2) is 4.39 Å². The van der Waals surface area contributed by atoms with Crippen molar-refractivity contribution < 1.29 is 18.3 Å². The molecule has 0 amide bonds. The fourth-order valence-corrected chi connectivity index (χ4v) is 1.91. The second-order valence-electron chi connectivity index (χ2n) is 4.52. The second kappa shape index (κ2) is 4.88. The summed E-state index contributed by atoms with van der Waals surface area (Å²) in [5.41, 5.74) is 2.09. The molecular formula is C15H15FO3. The Bertz CT molecular complexity index is 655. The van der Waals surface area contributed by atoms with Crippen LogP contribution in [0.4, 0.5) is 4.39 Å². The average molecular weight is 262 g/mol. The lowest BCUT2D eigenvalue weighted by molar-refractivity contribution is -0.142. The fraction of sp³-hybridized carbons (Fsp3) is 0.267. The summed E-state index contributed by atoms with van der Waals surface area (Å²) in [7, 11) is 1.26. The van der Waals surface area contributed by atoms with Gasteiger partial charge in [-0.1, -0.05) is 18.2 Å². The minimum atomic E-state index is -0.773. The lowest BCUT2D eigenvalue weighted by Crippen LogP contribution is -2.11. The van der Waals surface area contributed by atoms with E-state index in [-0.39, 0.29) is 5.76 Å². The Labute approximate surface area is 110 Å². The molecule has 0 fully saturated rings. The summed E-state index contributed by atoms with van der Waals surface area (Å²) < 4.78 is 24.3. The number of allylic oxidation sites excluding steroid dienone is 1. The first-order valence-electron chi connectivity index (χ1n) is 5.91. The van der Waals surface area contributed by atoms with E-state index >= 15 is 0 Å². The maximum absolute atomic E-state index is 14.3. The molecular weight excluding hydrogens is 247 g/mol. The maximum atomic E-state index is 14.3. The summed E-state index contributed by atoms with van der Waals surface area (Å²) in [5.74, 6) is -1.82. The van der Waals surface area contributed by atoms with Crippen molar-refractivity contribution in [3.05, 3.63) is 41.9 Å². The topological polar surface area (TPSA) is 39.4 Å². The zero-order valence-corrected chi connectivity index (χ0v) is 11.1. The molecule has 0 radical (unpaired) electrons. The van der Waals surface area contributed by atoms with E-state index in [0.29, 0.717) is 11.0 Å². The molecule has 1 heterocycles. The molecule has 4 heteroatoms. The molecule has 0 saturated heterocycles. The number of ether oxygens (including phenoxy) is 1. The Hall–Kier alpha value is -2.10. The standard InChI is InChI=1S/C15H15FO3/c1-8(2)10-5-6-12-11(7-10)13(16)14(19-12)9(3)15(17)18-4/h5-7,9H,1H2,2-4H3. The molecule has 0 aliphatic rings. The third kappa shape index (κ3) is 2.26. The number of fused-ring (bicyclic) bond motifs is 1. The van der Waals surface area contributed by atoms with E-state index in [9.17, 15) is 9.18 Å². The van der Waals surface area contributed by atoms with Gasteiger partial charge in [-0.3, -0.25) is 4.79 Å². The number of methoxy groups -OCH3 is 1. The molecule has 3 nitrogen and oxygen atoms in total. The number of esters is 1. The van der Waals surface area contributed by atoms with E-state index in [2.05, 4.69) is 11.3 Å². The highest BCUT2D eigenvalue weighted by atomic mass is 19.1. The lowest BCUT2D eigenvalue weighted by Gasteiger charge is -2.04. The Balaban J connectivity index is 2.57. The molecule has 0 N–H and O–H groups in total. The van der Waals surface area contributed by atoms with Crippen LogP contribution in [0.25, 0.3) is 16.5 Å². The van der Waals surface area contributed by atoms with Crippen molar-refractivity contribution in [1.29, 1.82) is 0 Å². The van der Waals surface area contributed by atoms with Crippen molar-refractivity contribution in [3.63, 3.8) is 0 Å². The molecule has 0 aliphatic heterocycles. The van der Waals surface area contributed by atoms with Crippen molar-refractivity contribution in [1.82, 2.24) is 0 Å². The number of carbonyl (C=O) groups is 1. The molecule has 0 bridgehead atoms. The van der Waals surface area contributed by atoms with Gasteiger partial charge < -0.3 is 9.15 Å². The van der Waals surface area contributed by atoms with Crippen LogP contribution in [0.3, 0.4) is 0 Å². The molecule has 0 saturated carbocycles. The average Bonchev–Trinajstić information content (AvgIpc) is 2.73. The van der Waals surface area contributed by atoms with Gasteiger partial charge in [0.15, 0.2) is 11.6 Å². The number of carbonyl (C=O) groups excluding carboxylic acids is 1. The van der Waals surface area contributed by atoms with Crippen LogP contribution in [0.1, 0.15) is 31.1 Å². The SMILES string of the molecule is C=C(C)c1ccc2oc(C(C)C(=O)OC)c(F)c2c1. The Morgan fingerprint density at radius 3 is 2.74 bits per heavy atom. The third-order valence-electron chi connectivity index (χ3n) is 3.09. The summed E-state index contributed by atoms with van der Waals surface area (Å²) in [6.07, 6.45) is 0. The van der Waals surface area contributed by atoms with Crippen LogP contribution in [0, 0.1) is 5.82 Å². The molecule has 0 spiro atoms. The first-order valence-corrected chi connectivity index (χ1v) is 5.91. The normalized spacial score (nSPS) is 12.4. The highest BCUT2D eigenvalue weighted by Gasteiger charge is 2.25. The Morgan fingerprint density at radius 2 is 2.16 bits per heavy atom. The van der Waals surface area contributed by atoms with Gasteiger partial charge >= 0.3 is 5.97 Å². The first kappa shape index (κ1) is 13.3. The van der Waals surface area contributed by atoms with Crippen LogP contribution < -0.4 is 0 Å². The number of hydrogen-bond donors (Lipinski definition) is 0. The van der Waals surface area contributed by atoms with Crippen molar-refractivity contribution in [3.8, 4) is 0 Å². The van der Waals surface area contributed by atoms with Gasteiger partial charge in [0.1, 0.15) is 11.5 Å². The molecule has 1 aromatic heterocycles. The smallest absolute Gasteiger partial charge is 0.316 e. The Kier molecular flexibility index (Phi) is 3.42. The van der Waals surface area contributed by atoms with E-state index in [1.807, 2.05) is 6.92 Å². The van der Waals surface area contributed by atoms with E-state index < -0.39 is 17.7 Å². The van der Waals surface area contributed by atoms with Crippen LogP contribution in [0.15, 0.2) is 29.2 Å². The first-order chi connectivity index (χ1) is 8.95. The van der Waals surface area contributed by atoms with Crippen molar-refractivity contribution in [2.24, 2.45) is 0 Å². The highest BCUT2D eigenvalue weighted by Crippen LogP contribution is 2.31. The van der Waals surface area contributed by atoms with E-state index in [1.54, 1.807) is 25.1 Å². The summed E-state index contributed by atoms with van der Waals surface area (Å²) in [5, 5.41) is 0.353. The minimum Gasteiger partial charge on any atom is -0.468 e. The molecule has 100 valence electrons. The fourth-order valence-electron chi connectivity index (χ4n) is 1.91. The summed E-state index contributed by atoms with van der Waals surface area (Å²) in [4.78, 5) is 11.5. The maximum Gasteiger partial charge on any atom is 0.316 e. The lowest BCUT2D eigenvalue weighted by atomic mass is 10.1. The molecule has 2 rings (SSSR count). The van der Waals surface area contributed by atoms with Crippen LogP contribution in [0.5, 0.6) is 0 Å². The quantitative estimate of drug-likeness (QED) is 0.788. The van der Waals surface area contributed by atoms with Gasteiger partial charge in [-0.05, 0) is 31.5 Å². The predicted octanol–water partition coefficient (Wildman–Crippen LogP) is 3.88. The number of benzene rings is 1. The van der Waals surface area contributed by atoms with Gasteiger partial charge in [-0.15, -0.1) is 0 Å². The van der Waals surface area contributed by atoms with Gasteiger partial charge in [-0.2, -0.15) is 0 Å². The van der Waals surface area contributed by atoms with Crippen LogP contribution >= 0.6 is 0 Å². The van der Waals surface area contributed by atoms with Crippen LogP contribution in [0.2, 0.25) is 0 Å². The molecule has 1 unspecified atom stereocenters.